The molecule has 0 aromatic rings. The van der Waals surface area contributed by atoms with Crippen molar-refractivity contribution < 1.29 is 5.11 Å². The molecule has 1 saturated carbocycles. The van der Waals surface area contributed by atoms with Gasteiger partial charge < -0.3 is 5.11 Å². The highest BCUT2D eigenvalue weighted by Gasteiger charge is 2.53. The first-order valence-electron chi connectivity index (χ1n) is 6.99. The Morgan fingerprint density at radius 2 is 1.38 bits per heavy atom. The van der Waals surface area contributed by atoms with E-state index >= 15 is 0 Å². The summed E-state index contributed by atoms with van der Waals surface area (Å²) < 4.78 is 0. The van der Waals surface area contributed by atoms with Crippen LogP contribution in [0, 0.1) is 10.8 Å². The summed E-state index contributed by atoms with van der Waals surface area (Å²) in [5.74, 6) is 0. The lowest BCUT2D eigenvalue weighted by atomic mass is 9.58. The van der Waals surface area contributed by atoms with E-state index in [0.717, 1.165) is 25.7 Å². The van der Waals surface area contributed by atoms with E-state index in [0.29, 0.717) is 0 Å². The van der Waals surface area contributed by atoms with Crippen LogP contribution < -0.4 is 0 Å². The number of hydrogen-bond acceptors (Lipinski definition) is 1. The molecule has 0 bridgehead atoms. The SMILES string of the molecule is CCCCC1(O)C(C)(C)CCCCC1(C)C. The monoisotopic (exact) mass is 226 g/mol. The first-order valence-corrected chi connectivity index (χ1v) is 6.99. The predicted molar refractivity (Wildman–Crippen MR) is 70.5 cm³/mol. The van der Waals surface area contributed by atoms with E-state index in [-0.39, 0.29) is 10.8 Å². The van der Waals surface area contributed by atoms with E-state index < -0.39 is 5.60 Å². The zero-order valence-corrected chi connectivity index (χ0v) is 11.9. The van der Waals surface area contributed by atoms with E-state index in [2.05, 4.69) is 34.6 Å². The number of rotatable bonds is 3. The fourth-order valence-corrected chi connectivity index (χ4v) is 3.57. The Labute approximate surface area is 102 Å². The molecule has 1 nitrogen and oxygen atoms in total. The quantitative estimate of drug-likeness (QED) is 0.701. The molecule has 0 aromatic heterocycles. The second-order valence-corrected chi connectivity index (χ2v) is 6.94. The fourth-order valence-electron chi connectivity index (χ4n) is 3.57. The summed E-state index contributed by atoms with van der Waals surface area (Å²) in [5.41, 5.74) is -0.378. The molecule has 0 saturated heterocycles. The molecule has 0 aliphatic heterocycles. The van der Waals surface area contributed by atoms with Crippen LogP contribution in [0.1, 0.15) is 79.6 Å². The van der Waals surface area contributed by atoms with Crippen LogP contribution in [0.3, 0.4) is 0 Å². The topological polar surface area (TPSA) is 20.2 Å². The number of hydrogen-bond donors (Lipinski definition) is 1. The van der Waals surface area contributed by atoms with Crippen molar-refractivity contribution in [1.82, 2.24) is 0 Å². The molecule has 16 heavy (non-hydrogen) atoms. The van der Waals surface area contributed by atoms with Crippen LogP contribution >= 0.6 is 0 Å². The molecule has 1 N–H and O–H groups in total. The van der Waals surface area contributed by atoms with Crippen molar-refractivity contribution in [2.45, 2.75) is 85.2 Å². The van der Waals surface area contributed by atoms with Crippen LogP contribution in [-0.2, 0) is 0 Å². The molecule has 1 fully saturated rings. The van der Waals surface area contributed by atoms with Crippen LogP contribution in [-0.4, -0.2) is 10.7 Å². The van der Waals surface area contributed by atoms with Crippen molar-refractivity contribution in [2.75, 3.05) is 0 Å². The molecule has 0 aromatic carbocycles. The number of unbranched alkanes of at least 4 members (excludes halogenated alkanes) is 1. The average molecular weight is 226 g/mol. The summed E-state index contributed by atoms with van der Waals surface area (Å²) in [7, 11) is 0. The molecule has 96 valence electrons. The highest BCUT2D eigenvalue weighted by atomic mass is 16.3. The van der Waals surface area contributed by atoms with Crippen molar-refractivity contribution in [3.05, 3.63) is 0 Å². The van der Waals surface area contributed by atoms with E-state index in [1.165, 1.54) is 19.3 Å². The lowest BCUT2D eigenvalue weighted by Crippen LogP contribution is -2.54. The lowest BCUT2D eigenvalue weighted by Gasteiger charge is -2.51. The molecule has 1 rings (SSSR count). The molecule has 1 aliphatic carbocycles. The second-order valence-electron chi connectivity index (χ2n) is 6.94. The van der Waals surface area contributed by atoms with Crippen LogP contribution in [0.2, 0.25) is 0 Å². The molecular weight excluding hydrogens is 196 g/mol. The van der Waals surface area contributed by atoms with Gasteiger partial charge in [0, 0.05) is 0 Å². The lowest BCUT2D eigenvalue weighted by molar-refractivity contribution is -0.154. The Hall–Kier alpha value is -0.0400. The van der Waals surface area contributed by atoms with Crippen molar-refractivity contribution in [1.29, 1.82) is 0 Å². The minimum absolute atomic E-state index is 0.0577. The van der Waals surface area contributed by atoms with Crippen molar-refractivity contribution in [3.8, 4) is 0 Å². The third-order valence-electron chi connectivity index (χ3n) is 4.98. The summed E-state index contributed by atoms with van der Waals surface area (Å²) in [6, 6.07) is 0. The van der Waals surface area contributed by atoms with Crippen LogP contribution in [0.4, 0.5) is 0 Å². The molecule has 0 heterocycles. The van der Waals surface area contributed by atoms with E-state index in [1.54, 1.807) is 0 Å². The first kappa shape index (κ1) is 14.0. The fraction of sp³-hybridized carbons (Fsp3) is 1.00. The van der Waals surface area contributed by atoms with Gasteiger partial charge in [0.1, 0.15) is 0 Å². The Morgan fingerprint density at radius 1 is 0.938 bits per heavy atom. The number of aliphatic hydroxyl groups is 1. The van der Waals surface area contributed by atoms with E-state index in [9.17, 15) is 5.11 Å². The van der Waals surface area contributed by atoms with Crippen LogP contribution in [0.15, 0.2) is 0 Å². The molecular formula is C15H30O. The predicted octanol–water partition coefficient (Wildman–Crippen LogP) is 4.53. The van der Waals surface area contributed by atoms with E-state index in [4.69, 9.17) is 0 Å². The van der Waals surface area contributed by atoms with Gasteiger partial charge >= 0.3 is 0 Å². The summed E-state index contributed by atoms with van der Waals surface area (Å²) >= 11 is 0. The Balaban J connectivity index is 3.01. The molecule has 0 amide bonds. The van der Waals surface area contributed by atoms with Gasteiger partial charge in [0.2, 0.25) is 0 Å². The molecule has 1 aliphatic rings. The zero-order valence-electron chi connectivity index (χ0n) is 11.9. The third kappa shape index (κ3) is 2.30. The minimum atomic E-state index is -0.494. The largest absolute Gasteiger partial charge is 0.389 e. The van der Waals surface area contributed by atoms with Gasteiger partial charge in [-0.25, -0.2) is 0 Å². The van der Waals surface area contributed by atoms with Gasteiger partial charge in [0.25, 0.3) is 0 Å². The molecule has 0 radical (unpaired) electrons. The highest BCUT2D eigenvalue weighted by Crippen LogP contribution is 2.54. The van der Waals surface area contributed by atoms with Crippen molar-refractivity contribution in [2.24, 2.45) is 10.8 Å². The molecule has 0 spiro atoms. The molecule has 0 atom stereocenters. The summed E-state index contributed by atoms with van der Waals surface area (Å²) in [6.07, 6.45) is 8.14. The first-order chi connectivity index (χ1) is 7.27. The van der Waals surface area contributed by atoms with Gasteiger partial charge in [-0.3, -0.25) is 0 Å². The maximum atomic E-state index is 11.2. The van der Waals surface area contributed by atoms with Crippen LogP contribution in [0.25, 0.3) is 0 Å². The smallest absolute Gasteiger partial charge is 0.0749 e. The highest BCUT2D eigenvalue weighted by molar-refractivity contribution is 5.04. The Bertz CT molecular complexity index is 210. The molecule has 1 heteroatoms. The maximum Gasteiger partial charge on any atom is 0.0749 e. The van der Waals surface area contributed by atoms with Gasteiger partial charge in [-0.1, -0.05) is 60.3 Å². The Kier molecular flexibility index (Phi) is 4.10. The third-order valence-corrected chi connectivity index (χ3v) is 4.98. The normalized spacial score (nSPS) is 27.4. The molecule has 0 unspecified atom stereocenters. The minimum Gasteiger partial charge on any atom is -0.389 e. The average Bonchev–Trinajstić information content (AvgIpc) is 2.26. The summed E-state index contributed by atoms with van der Waals surface area (Å²) in [4.78, 5) is 0. The van der Waals surface area contributed by atoms with Gasteiger partial charge in [-0.2, -0.15) is 0 Å². The summed E-state index contributed by atoms with van der Waals surface area (Å²) in [6.45, 7) is 11.2. The Morgan fingerprint density at radius 3 is 1.75 bits per heavy atom. The van der Waals surface area contributed by atoms with Crippen LogP contribution in [0.5, 0.6) is 0 Å². The van der Waals surface area contributed by atoms with Gasteiger partial charge in [0.15, 0.2) is 0 Å². The zero-order chi connectivity index (χ0) is 12.4. The standard InChI is InChI=1S/C15H30O/c1-6-7-12-15(16)13(2,3)10-8-9-11-14(15,4)5/h16H,6-12H2,1-5H3. The van der Waals surface area contributed by atoms with E-state index in [1.807, 2.05) is 0 Å². The maximum absolute atomic E-state index is 11.2. The van der Waals surface area contributed by atoms with Gasteiger partial charge in [-0.15, -0.1) is 0 Å². The van der Waals surface area contributed by atoms with Gasteiger partial charge in [0.05, 0.1) is 5.60 Å². The summed E-state index contributed by atoms with van der Waals surface area (Å²) in [5, 5.41) is 11.2. The second kappa shape index (κ2) is 4.68. The van der Waals surface area contributed by atoms with Gasteiger partial charge in [-0.05, 0) is 30.1 Å². The van der Waals surface area contributed by atoms with Crippen molar-refractivity contribution >= 4 is 0 Å². The van der Waals surface area contributed by atoms with Crippen molar-refractivity contribution in [3.63, 3.8) is 0 Å².